The van der Waals surface area contributed by atoms with Gasteiger partial charge in [0.15, 0.2) is 0 Å². The minimum atomic E-state index is -1.47. The van der Waals surface area contributed by atoms with Crippen molar-refractivity contribution in [3.63, 3.8) is 0 Å². The van der Waals surface area contributed by atoms with Gasteiger partial charge in [-0.25, -0.2) is 0 Å². The maximum atomic E-state index is 13.2. The van der Waals surface area contributed by atoms with Crippen LogP contribution in [0.15, 0.2) is 36.0 Å². The zero-order valence-electron chi connectivity index (χ0n) is 19.9. The zero-order valence-corrected chi connectivity index (χ0v) is 19.9. The number of amides is 3. The number of nitrogens with one attached hydrogen (secondary N) is 1. The summed E-state index contributed by atoms with van der Waals surface area (Å²) < 4.78 is 11.3. The predicted octanol–water partition coefficient (Wildman–Crippen LogP) is 1.03. The number of nitrogens with zero attached hydrogens (tertiary/aromatic N) is 2. The molecule has 1 unspecified atom stereocenters. The van der Waals surface area contributed by atoms with Crippen molar-refractivity contribution in [1.29, 1.82) is 0 Å². The van der Waals surface area contributed by atoms with Crippen molar-refractivity contribution in [1.82, 2.24) is 15.1 Å². The summed E-state index contributed by atoms with van der Waals surface area (Å²) in [7, 11) is 0. The largest absolute Gasteiger partial charge is 0.492 e. The third-order valence-electron chi connectivity index (χ3n) is 6.88. The summed E-state index contributed by atoms with van der Waals surface area (Å²) in [4.78, 5) is 41.9. The lowest BCUT2D eigenvalue weighted by atomic mass is 9.78. The van der Waals surface area contributed by atoms with E-state index in [1.54, 1.807) is 6.20 Å². The smallest absolute Gasteiger partial charge is 0.248 e. The minimum absolute atomic E-state index is 0.00467. The molecule has 3 N–H and O–H groups in total. The third kappa shape index (κ3) is 5.59. The molecule has 9 nitrogen and oxygen atoms in total. The lowest BCUT2D eigenvalue weighted by Crippen LogP contribution is -2.51. The normalized spacial score (nSPS) is 27.2. The second-order valence-corrected chi connectivity index (χ2v) is 9.70. The molecule has 2 heterocycles. The van der Waals surface area contributed by atoms with Gasteiger partial charge in [0.25, 0.3) is 0 Å². The number of primary amides is 1. The zero-order chi connectivity index (χ0) is 24.3. The van der Waals surface area contributed by atoms with E-state index >= 15 is 0 Å². The van der Waals surface area contributed by atoms with Crippen molar-refractivity contribution in [2.75, 3.05) is 39.5 Å². The highest BCUT2D eigenvalue weighted by Crippen LogP contribution is 2.35. The highest BCUT2D eigenvalue weighted by molar-refractivity contribution is 6.08. The van der Waals surface area contributed by atoms with Gasteiger partial charge in [0.2, 0.25) is 17.7 Å². The van der Waals surface area contributed by atoms with Crippen molar-refractivity contribution in [2.45, 2.75) is 39.3 Å². The van der Waals surface area contributed by atoms with Gasteiger partial charge in [-0.05, 0) is 37.0 Å². The van der Waals surface area contributed by atoms with Gasteiger partial charge in [-0.3, -0.25) is 19.3 Å². The van der Waals surface area contributed by atoms with Crippen molar-refractivity contribution < 1.29 is 23.9 Å². The lowest BCUT2D eigenvalue weighted by molar-refractivity contribution is -0.148. The van der Waals surface area contributed by atoms with Crippen molar-refractivity contribution in [3.05, 3.63) is 41.6 Å². The van der Waals surface area contributed by atoms with Gasteiger partial charge in [-0.1, -0.05) is 19.1 Å². The Morgan fingerprint density at radius 3 is 2.71 bits per heavy atom. The monoisotopic (exact) mass is 470 g/mol. The number of benzene rings is 1. The number of carbonyl (C=O) groups excluding carboxylic acids is 3. The summed E-state index contributed by atoms with van der Waals surface area (Å²) in [6, 6.07) is 7.65. The van der Waals surface area contributed by atoms with Crippen LogP contribution < -0.4 is 15.8 Å². The molecule has 34 heavy (non-hydrogen) atoms. The molecule has 0 radical (unpaired) electrons. The average molecular weight is 471 g/mol. The fraction of sp³-hybridized carbons (Fsp3) is 0.560. The Labute approximate surface area is 200 Å². The molecule has 1 saturated heterocycles. The Morgan fingerprint density at radius 1 is 1.29 bits per heavy atom. The van der Waals surface area contributed by atoms with Crippen molar-refractivity contribution >= 4 is 17.7 Å². The quantitative estimate of drug-likeness (QED) is 0.521. The van der Waals surface area contributed by atoms with E-state index in [9.17, 15) is 14.4 Å². The van der Waals surface area contributed by atoms with E-state index in [4.69, 9.17) is 15.2 Å². The molecule has 184 valence electrons. The van der Waals surface area contributed by atoms with Crippen LogP contribution in [-0.2, 0) is 25.7 Å². The van der Waals surface area contributed by atoms with Crippen LogP contribution in [0.5, 0.6) is 5.75 Å². The fourth-order valence-electron chi connectivity index (χ4n) is 4.35. The predicted molar refractivity (Wildman–Crippen MR) is 125 cm³/mol. The highest BCUT2D eigenvalue weighted by atomic mass is 16.5. The van der Waals surface area contributed by atoms with E-state index in [1.165, 1.54) is 11.8 Å². The number of nitrogens with two attached hydrogens (primary N) is 1. The van der Waals surface area contributed by atoms with E-state index in [-0.39, 0.29) is 24.9 Å². The number of hydrogen-bond acceptors (Lipinski definition) is 6. The van der Waals surface area contributed by atoms with Crippen LogP contribution in [0.2, 0.25) is 0 Å². The lowest BCUT2D eigenvalue weighted by Gasteiger charge is -2.35. The Hall–Kier alpha value is -2.91. The second-order valence-electron chi connectivity index (χ2n) is 9.70. The van der Waals surface area contributed by atoms with Crippen LogP contribution in [0.25, 0.3) is 0 Å². The summed E-state index contributed by atoms with van der Waals surface area (Å²) in [5, 5.41) is 2.98. The molecule has 0 bridgehead atoms. The van der Waals surface area contributed by atoms with Crippen LogP contribution >= 0.6 is 0 Å². The van der Waals surface area contributed by atoms with Gasteiger partial charge in [0, 0.05) is 43.9 Å². The molecular weight excluding hydrogens is 436 g/mol. The molecule has 1 saturated carbocycles. The SMILES string of the molecule is C[C@H]1C[C@@H]1NC(=O)C1=CN(Cc2cccc(OCCN3CCOCC3)c2)C(=O)C(C)(C(N)=O)C1. The number of ether oxygens (including phenoxy) is 2. The third-order valence-corrected chi connectivity index (χ3v) is 6.88. The van der Waals surface area contributed by atoms with E-state index in [0.717, 1.165) is 44.8 Å². The molecule has 1 aliphatic carbocycles. The van der Waals surface area contributed by atoms with Crippen LogP contribution in [-0.4, -0.2) is 73.0 Å². The average Bonchev–Trinajstić information content (AvgIpc) is 3.51. The first kappa shape index (κ1) is 24.2. The van der Waals surface area contributed by atoms with E-state index in [0.29, 0.717) is 23.8 Å². The van der Waals surface area contributed by atoms with Gasteiger partial charge < -0.3 is 25.4 Å². The summed E-state index contributed by atoms with van der Waals surface area (Å²) >= 11 is 0. The first-order chi connectivity index (χ1) is 16.3. The van der Waals surface area contributed by atoms with Crippen LogP contribution in [0.4, 0.5) is 0 Å². The Bertz CT molecular complexity index is 974. The molecule has 0 spiro atoms. The van der Waals surface area contributed by atoms with Crippen molar-refractivity contribution in [3.8, 4) is 5.75 Å². The maximum absolute atomic E-state index is 13.2. The Morgan fingerprint density at radius 2 is 2.03 bits per heavy atom. The fourth-order valence-corrected chi connectivity index (χ4v) is 4.35. The first-order valence-electron chi connectivity index (χ1n) is 11.9. The molecule has 1 aromatic rings. The molecule has 9 heteroatoms. The standard InChI is InChI=1S/C25H34N4O5/c1-17-12-21(17)27-22(30)19-14-25(2,23(26)31)24(32)29(16-19)15-18-4-3-5-20(13-18)34-11-8-28-6-9-33-10-7-28/h3-5,13,16-17,21H,6-12,14-15H2,1-2H3,(H2,26,31)(H,27,30)/t17-,21-,25?/m0/s1. The van der Waals surface area contributed by atoms with Crippen LogP contribution in [0.1, 0.15) is 32.3 Å². The second kappa shape index (κ2) is 10.1. The molecule has 4 rings (SSSR count). The summed E-state index contributed by atoms with van der Waals surface area (Å²) in [5.74, 6) is -0.243. The van der Waals surface area contributed by atoms with Crippen LogP contribution in [0, 0.1) is 11.3 Å². The molecule has 2 fully saturated rings. The summed E-state index contributed by atoms with van der Waals surface area (Å²) in [6.45, 7) is 8.45. The number of morpholine rings is 1. The maximum Gasteiger partial charge on any atom is 0.248 e. The van der Waals surface area contributed by atoms with Gasteiger partial charge in [0.1, 0.15) is 17.8 Å². The van der Waals surface area contributed by atoms with Gasteiger partial charge >= 0.3 is 0 Å². The number of rotatable bonds is 9. The van der Waals surface area contributed by atoms with Crippen molar-refractivity contribution in [2.24, 2.45) is 17.1 Å². The van der Waals surface area contributed by atoms with Gasteiger partial charge in [0.05, 0.1) is 19.8 Å². The molecule has 0 aromatic heterocycles. The number of carbonyl (C=O) groups is 3. The van der Waals surface area contributed by atoms with Crippen LogP contribution in [0.3, 0.4) is 0 Å². The molecular formula is C25H34N4O5. The minimum Gasteiger partial charge on any atom is -0.492 e. The first-order valence-corrected chi connectivity index (χ1v) is 11.9. The Kier molecular flexibility index (Phi) is 7.23. The molecule has 2 aliphatic heterocycles. The topological polar surface area (TPSA) is 114 Å². The summed E-state index contributed by atoms with van der Waals surface area (Å²) in [5.41, 5.74) is 5.36. The summed E-state index contributed by atoms with van der Waals surface area (Å²) in [6.07, 6.45) is 2.49. The molecule has 3 atom stereocenters. The molecule has 3 aliphatic rings. The molecule has 3 amide bonds. The Balaban J connectivity index is 1.44. The van der Waals surface area contributed by atoms with E-state index < -0.39 is 17.2 Å². The van der Waals surface area contributed by atoms with Gasteiger partial charge in [-0.15, -0.1) is 0 Å². The van der Waals surface area contributed by atoms with E-state index in [2.05, 4.69) is 17.1 Å². The number of hydrogen-bond donors (Lipinski definition) is 2. The van der Waals surface area contributed by atoms with Gasteiger partial charge in [-0.2, -0.15) is 0 Å². The molecule has 1 aromatic carbocycles. The highest BCUT2D eigenvalue weighted by Gasteiger charge is 2.47. The van der Waals surface area contributed by atoms with E-state index in [1.807, 2.05) is 24.3 Å².